The molecule has 0 N–H and O–H groups in total. The number of hydrogen-bond acceptors (Lipinski definition) is 5. The van der Waals surface area contributed by atoms with Crippen LogP contribution in [0.3, 0.4) is 0 Å². The van der Waals surface area contributed by atoms with E-state index in [1.165, 1.54) is 29.3 Å². The molecule has 1 amide bonds. The van der Waals surface area contributed by atoms with E-state index < -0.39 is 26.6 Å². The summed E-state index contributed by atoms with van der Waals surface area (Å²) in [5.74, 6) is -0.598. The number of carbonyl (C=O) groups is 2. The number of rotatable bonds is 8. The summed E-state index contributed by atoms with van der Waals surface area (Å²) in [5, 5.41) is -0.0516. The highest BCUT2D eigenvalue weighted by atomic mass is 32.2. The molecule has 0 radical (unpaired) electrons. The molecule has 0 bridgehead atoms. The van der Waals surface area contributed by atoms with Gasteiger partial charge in [-0.15, -0.1) is 0 Å². The lowest BCUT2D eigenvalue weighted by Crippen LogP contribution is -2.47. The van der Waals surface area contributed by atoms with Crippen LogP contribution in [0.4, 0.5) is 0 Å². The van der Waals surface area contributed by atoms with Gasteiger partial charge in [0.25, 0.3) is 5.91 Å². The van der Waals surface area contributed by atoms with Crippen LogP contribution in [0.5, 0.6) is 0 Å². The first kappa shape index (κ1) is 26.5. The summed E-state index contributed by atoms with van der Waals surface area (Å²) in [6.07, 6.45) is 1.98. The lowest BCUT2D eigenvalue weighted by Gasteiger charge is -2.39. The number of hydrogen-bond donors (Lipinski definition) is 0. The molecule has 1 unspecified atom stereocenters. The van der Waals surface area contributed by atoms with Crippen molar-refractivity contribution in [2.24, 2.45) is 0 Å². The van der Waals surface area contributed by atoms with Gasteiger partial charge < -0.3 is 0 Å². The third kappa shape index (κ3) is 5.15. The number of nitrogens with zero attached hydrogens (tertiary/aromatic N) is 1. The van der Waals surface area contributed by atoms with Crippen molar-refractivity contribution in [2.45, 2.75) is 35.0 Å². The highest BCUT2D eigenvalue weighted by molar-refractivity contribution is 7.92. The summed E-state index contributed by atoms with van der Waals surface area (Å²) in [5.41, 5.74) is 1.59. The van der Waals surface area contributed by atoms with E-state index in [2.05, 4.69) is 0 Å². The SMILES string of the molecule is O=Cc1ccc(S(=O)(=O)C2CCCCN(OC(c3ccccc3)(c3ccccc3)c3ccccc3)C2=O)cc1. The van der Waals surface area contributed by atoms with E-state index in [4.69, 9.17) is 4.84 Å². The van der Waals surface area contributed by atoms with Crippen LogP contribution in [0.1, 0.15) is 46.3 Å². The van der Waals surface area contributed by atoms with E-state index >= 15 is 0 Å². The Morgan fingerprint density at radius 3 is 1.67 bits per heavy atom. The molecule has 39 heavy (non-hydrogen) atoms. The molecule has 1 saturated heterocycles. The van der Waals surface area contributed by atoms with Crippen molar-refractivity contribution >= 4 is 22.0 Å². The van der Waals surface area contributed by atoms with Crippen LogP contribution in [0.2, 0.25) is 0 Å². The van der Waals surface area contributed by atoms with Crippen molar-refractivity contribution < 1.29 is 22.8 Å². The van der Waals surface area contributed by atoms with Crippen LogP contribution in [0, 0.1) is 0 Å². The van der Waals surface area contributed by atoms with Gasteiger partial charge in [-0.2, -0.15) is 0 Å². The second kappa shape index (κ2) is 11.4. The molecule has 198 valence electrons. The minimum absolute atomic E-state index is 0.00809. The van der Waals surface area contributed by atoms with Gasteiger partial charge in [-0.05, 0) is 48.1 Å². The zero-order valence-corrected chi connectivity index (χ0v) is 22.2. The third-order valence-electron chi connectivity index (χ3n) is 7.11. The Morgan fingerprint density at radius 2 is 1.21 bits per heavy atom. The fourth-order valence-corrected chi connectivity index (χ4v) is 6.80. The molecule has 0 spiro atoms. The standard InChI is InChI=1S/C32H29NO5S/c34-24-25-19-21-29(22-20-25)39(36,37)30-18-10-11-23-33(31(30)35)38-32(26-12-4-1-5-13-26,27-14-6-2-7-15-27)28-16-8-3-9-17-28/h1-9,12-17,19-22,24,30H,10-11,18,23H2. The summed E-state index contributed by atoms with van der Waals surface area (Å²) < 4.78 is 27.4. The number of amides is 1. The van der Waals surface area contributed by atoms with Gasteiger partial charge in [-0.25, -0.2) is 18.3 Å². The highest BCUT2D eigenvalue weighted by Crippen LogP contribution is 2.42. The van der Waals surface area contributed by atoms with Crippen molar-refractivity contribution in [3.63, 3.8) is 0 Å². The van der Waals surface area contributed by atoms with Crippen LogP contribution in [-0.2, 0) is 25.1 Å². The van der Waals surface area contributed by atoms with Gasteiger partial charge in [0, 0.05) is 12.1 Å². The normalized spacial score (nSPS) is 16.5. The Bertz CT molecular complexity index is 1430. The van der Waals surface area contributed by atoms with Gasteiger partial charge in [-0.3, -0.25) is 9.59 Å². The van der Waals surface area contributed by atoms with E-state index in [9.17, 15) is 18.0 Å². The predicted octanol–water partition coefficient (Wildman–Crippen LogP) is 5.58. The van der Waals surface area contributed by atoms with Crippen LogP contribution < -0.4 is 0 Å². The Kier molecular flexibility index (Phi) is 7.72. The number of hydroxylamine groups is 2. The van der Waals surface area contributed by atoms with Crippen LogP contribution in [-0.4, -0.2) is 37.5 Å². The molecule has 5 rings (SSSR count). The average Bonchev–Trinajstić information content (AvgIpc) is 3.18. The quantitative estimate of drug-likeness (QED) is 0.216. The van der Waals surface area contributed by atoms with Crippen LogP contribution in [0.15, 0.2) is 120 Å². The molecular formula is C32H29NO5S. The Balaban J connectivity index is 1.61. The number of carbonyl (C=O) groups excluding carboxylic acids is 2. The van der Waals surface area contributed by atoms with Crippen molar-refractivity contribution in [2.75, 3.05) is 6.54 Å². The van der Waals surface area contributed by atoms with E-state index in [0.29, 0.717) is 24.7 Å². The molecule has 1 fully saturated rings. The second-order valence-corrected chi connectivity index (χ2v) is 11.7. The first-order chi connectivity index (χ1) is 19.0. The smallest absolute Gasteiger partial charge is 0.264 e. The van der Waals surface area contributed by atoms with Gasteiger partial charge in [0.1, 0.15) is 11.5 Å². The second-order valence-electron chi connectivity index (χ2n) is 9.53. The maximum Gasteiger partial charge on any atom is 0.264 e. The summed E-state index contributed by atoms with van der Waals surface area (Å²) in [4.78, 5) is 31.9. The minimum atomic E-state index is -4.03. The van der Waals surface area contributed by atoms with Crippen molar-refractivity contribution in [3.8, 4) is 0 Å². The van der Waals surface area contributed by atoms with Gasteiger partial charge in [0.15, 0.2) is 15.4 Å². The van der Waals surface area contributed by atoms with Crippen LogP contribution in [0.25, 0.3) is 0 Å². The molecule has 0 saturated carbocycles. The minimum Gasteiger partial charge on any atom is -0.298 e. The fourth-order valence-electron chi connectivity index (χ4n) is 5.10. The molecule has 1 aliphatic heterocycles. The fraction of sp³-hybridized carbons (Fsp3) is 0.188. The third-order valence-corrected chi connectivity index (χ3v) is 9.22. The van der Waals surface area contributed by atoms with Gasteiger partial charge in [0.2, 0.25) is 0 Å². The first-order valence-electron chi connectivity index (χ1n) is 12.9. The maximum atomic E-state index is 14.0. The van der Waals surface area contributed by atoms with Gasteiger partial charge in [0.05, 0.1) is 4.90 Å². The Labute approximate surface area is 228 Å². The average molecular weight is 540 g/mol. The summed E-state index contributed by atoms with van der Waals surface area (Å²) >= 11 is 0. The van der Waals surface area contributed by atoms with Gasteiger partial charge in [-0.1, -0.05) is 103 Å². The Morgan fingerprint density at radius 1 is 0.718 bits per heavy atom. The molecule has 7 heteroatoms. The molecular weight excluding hydrogens is 510 g/mol. The molecule has 4 aromatic carbocycles. The summed E-state index contributed by atoms with van der Waals surface area (Å²) in [6, 6.07) is 34.6. The molecule has 1 atom stereocenters. The van der Waals surface area contributed by atoms with Crippen molar-refractivity contribution in [1.82, 2.24) is 5.06 Å². The van der Waals surface area contributed by atoms with E-state index in [1.54, 1.807) is 0 Å². The van der Waals surface area contributed by atoms with Crippen molar-refractivity contribution in [1.29, 1.82) is 0 Å². The van der Waals surface area contributed by atoms with E-state index in [1.807, 2.05) is 91.0 Å². The highest BCUT2D eigenvalue weighted by Gasteiger charge is 2.45. The lowest BCUT2D eigenvalue weighted by molar-refractivity contribution is -0.221. The zero-order chi connectivity index (χ0) is 27.3. The van der Waals surface area contributed by atoms with Crippen LogP contribution >= 0.6 is 0 Å². The number of benzene rings is 4. The topological polar surface area (TPSA) is 80.8 Å². The number of aldehydes is 1. The molecule has 0 aromatic heterocycles. The van der Waals surface area contributed by atoms with E-state index in [0.717, 1.165) is 16.7 Å². The Hall–Kier alpha value is -4.07. The molecule has 6 nitrogen and oxygen atoms in total. The summed E-state index contributed by atoms with van der Waals surface area (Å²) in [7, 11) is -4.03. The van der Waals surface area contributed by atoms with Crippen molar-refractivity contribution in [3.05, 3.63) is 138 Å². The monoisotopic (exact) mass is 539 g/mol. The molecule has 4 aromatic rings. The predicted molar refractivity (Wildman–Crippen MR) is 149 cm³/mol. The largest absolute Gasteiger partial charge is 0.298 e. The van der Waals surface area contributed by atoms with E-state index in [-0.39, 0.29) is 17.9 Å². The maximum absolute atomic E-state index is 14.0. The summed E-state index contributed by atoms with van der Waals surface area (Å²) in [6.45, 7) is 0.253. The van der Waals surface area contributed by atoms with Gasteiger partial charge >= 0.3 is 0 Å². The molecule has 0 aliphatic carbocycles. The lowest BCUT2D eigenvalue weighted by atomic mass is 9.80. The molecule has 1 heterocycles. The molecule has 1 aliphatic rings. The first-order valence-corrected chi connectivity index (χ1v) is 14.5. The zero-order valence-electron chi connectivity index (χ0n) is 21.3. The number of sulfone groups is 1.